The lowest BCUT2D eigenvalue weighted by molar-refractivity contribution is -0.119. The summed E-state index contributed by atoms with van der Waals surface area (Å²) < 4.78 is 9.75. The molecule has 0 spiro atoms. The second-order valence-electron chi connectivity index (χ2n) is 5.16. The van der Waals surface area contributed by atoms with Gasteiger partial charge < -0.3 is 20.1 Å². The summed E-state index contributed by atoms with van der Waals surface area (Å²) >= 11 is 5.95. The number of esters is 1. The summed E-state index contributed by atoms with van der Waals surface area (Å²) in [6.45, 7) is 0.483. The van der Waals surface area contributed by atoms with E-state index in [0.29, 0.717) is 17.3 Å². The van der Waals surface area contributed by atoms with Gasteiger partial charge in [-0.2, -0.15) is 0 Å². The molecule has 0 fully saturated rings. The van der Waals surface area contributed by atoms with E-state index < -0.39 is 5.97 Å². The zero-order chi connectivity index (χ0) is 18.2. The molecule has 0 saturated heterocycles. The fourth-order valence-electron chi connectivity index (χ4n) is 2.09. The molecule has 0 aliphatic rings. The highest BCUT2D eigenvalue weighted by atomic mass is 35.5. The van der Waals surface area contributed by atoms with Crippen molar-refractivity contribution in [2.75, 3.05) is 26.1 Å². The molecule has 0 bridgehead atoms. The van der Waals surface area contributed by atoms with Crippen molar-refractivity contribution in [3.8, 4) is 5.75 Å². The lowest BCUT2D eigenvalue weighted by atomic mass is 10.2. The highest BCUT2D eigenvalue weighted by molar-refractivity contribution is 6.33. The maximum Gasteiger partial charge on any atom is 0.339 e. The van der Waals surface area contributed by atoms with E-state index in [9.17, 15) is 9.59 Å². The number of rotatable bonds is 7. The minimum Gasteiger partial charge on any atom is -0.497 e. The number of amides is 1. The number of benzene rings is 2. The predicted octanol–water partition coefficient (Wildman–Crippen LogP) is 2.86. The van der Waals surface area contributed by atoms with Gasteiger partial charge in [-0.25, -0.2) is 4.79 Å². The zero-order valence-electron chi connectivity index (χ0n) is 14.0. The smallest absolute Gasteiger partial charge is 0.339 e. The molecular weight excluding hydrogens is 344 g/mol. The lowest BCUT2D eigenvalue weighted by Gasteiger charge is -2.10. The van der Waals surface area contributed by atoms with Gasteiger partial charge in [-0.15, -0.1) is 0 Å². The van der Waals surface area contributed by atoms with Crippen molar-refractivity contribution in [2.45, 2.75) is 6.54 Å². The normalized spacial score (nSPS) is 10.0. The molecule has 0 radical (unpaired) electrons. The summed E-state index contributed by atoms with van der Waals surface area (Å²) in [7, 11) is 2.89. The first-order valence-corrected chi connectivity index (χ1v) is 7.92. The van der Waals surface area contributed by atoms with Crippen LogP contribution >= 0.6 is 11.6 Å². The molecule has 2 aromatic carbocycles. The van der Waals surface area contributed by atoms with Crippen LogP contribution in [-0.4, -0.2) is 32.6 Å². The largest absolute Gasteiger partial charge is 0.497 e. The number of methoxy groups -OCH3 is 2. The monoisotopic (exact) mass is 362 g/mol. The summed E-state index contributed by atoms with van der Waals surface area (Å²) in [4.78, 5) is 23.5. The van der Waals surface area contributed by atoms with Gasteiger partial charge in [-0.1, -0.05) is 23.7 Å². The maximum absolute atomic E-state index is 11.9. The number of hydrogen-bond acceptors (Lipinski definition) is 5. The van der Waals surface area contributed by atoms with Crippen molar-refractivity contribution in [3.63, 3.8) is 0 Å². The van der Waals surface area contributed by atoms with Crippen molar-refractivity contribution < 1.29 is 19.1 Å². The van der Waals surface area contributed by atoms with E-state index in [4.69, 9.17) is 16.3 Å². The summed E-state index contributed by atoms with van der Waals surface area (Å²) in [5.74, 6) is 0.0592. The fraction of sp³-hybridized carbons (Fsp3) is 0.222. The molecule has 6 nitrogen and oxygen atoms in total. The average Bonchev–Trinajstić information content (AvgIpc) is 2.65. The van der Waals surface area contributed by atoms with E-state index in [1.807, 2.05) is 24.3 Å². The first kappa shape index (κ1) is 18.6. The molecule has 2 N–H and O–H groups in total. The number of hydrogen-bond donors (Lipinski definition) is 2. The Hall–Kier alpha value is -2.73. The third-order valence-corrected chi connectivity index (χ3v) is 3.80. The van der Waals surface area contributed by atoms with Crippen LogP contribution in [0.25, 0.3) is 0 Å². The topological polar surface area (TPSA) is 76.7 Å². The van der Waals surface area contributed by atoms with Crippen LogP contribution in [0.5, 0.6) is 5.75 Å². The summed E-state index contributed by atoms with van der Waals surface area (Å²) in [5, 5.41) is 6.05. The van der Waals surface area contributed by atoms with Crippen molar-refractivity contribution in [2.24, 2.45) is 0 Å². The fourth-order valence-corrected chi connectivity index (χ4v) is 2.29. The molecule has 2 rings (SSSR count). The minimum absolute atomic E-state index is 0.0679. The van der Waals surface area contributed by atoms with Gasteiger partial charge in [-0.3, -0.25) is 4.79 Å². The Morgan fingerprint density at radius 2 is 1.80 bits per heavy atom. The van der Waals surface area contributed by atoms with Gasteiger partial charge in [0.05, 0.1) is 31.4 Å². The molecule has 2 aromatic rings. The molecule has 0 atom stereocenters. The Morgan fingerprint density at radius 3 is 2.44 bits per heavy atom. The van der Waals surface area contributed by atoms with Crippen LogP contribution in [0.2, 0.25) is 5.02 Å². The molecule has 7 heteroatoms. The summed E-state index contributed by atoms with van der Waals surface area (Å²) in [5.41, 5.74) is 1.81. The van der Waals surface area contributed by atoms with Crippen LogP contribution in [-0.2, 0) is 16.1 Å². The molecule has 0 unspecified atom stereocenters. The van der Waals surface area contributed by atoms with Crippen LogP contribution in [0, 0.1) is 0 Å². The lowest BCUT2D eigenvalue weighted by Crippen LogP contribution is -2.29. The minimum atomic E-state index is -0.530. The van der Waals surface area contributed by atoms with E-state index in [1.165, 1.54) is 7.11 Å². The van der Waals surface area contributed by atoms with E-state index in [1.54, 1.807) is 25.3 Å². The van der Waals surface area contributed by atoms with Gasteiger partial charge in [0.1, 0.15) is 5.75 Å². The SMILES string of the molecule is COC(=O)c1cc(NCC(=O)NCc2ccc(OC)cc2)ccc1Cl. The van der Waals surface area contributed by atoms with E-state index in [2.05, 4.69) is 15.4 Å². The van der Waals surface area contributed by atoms with Gasteiger partial charge in [-0.05, 0) is 35.9 Å². The third kappa shape index (κ3) is 5.39. The highest BCUT2D eigenvalue weighted by Gasteiger charge is 2.11. The Bertz CT molecular complexity index is 747. The van der Waals surface area contributed by atoms with E-state index >= 15 is 0 Å². The molecule has 0 saturated carbocycles. The number of nitrogens with one attached hydrogen (secondary N) is 2. The molecule has 0 aliphatic carbocycles. The summed E-state index contributed by atoms with van der Waals surface area (Å²) in [6, 6.07) is 12.2. The Morgan fingerprint density at radius 1 is 1.08 bits per heavy atom. The molecule has 132 valence electrons. The first-order valence-electron chi connectivity index (χ1n) is 7.55. The van der Waals surface area contributed by atoms with Crippen LogP contribution in [0.1, 0.15) is 15.9 Å². The van der Waals surface area contributed by atoms with Gasteiger partial charge in [0.15, 0.2) is 0 Å². The van der Waals surface area contributed by atoms with Crippen molar-refractivity contribution in [3.05, 3.63) is 58.6 Å². The highest BCUT2D eigenvalue weighted by Crippen LogP contribution is 2.21. The van der Waals surface area contributed by atoms with Gasteiger partial charge in [0, 0.05) is 12.2 Å². The molecular formula is C18H19ClN2O4. The molecule has 0 aliphatic heterocycles. The number of carbonyl (C=O) groups excluding carboxylic acids is 2. The van der Waals surface area contributed by atoms with E-state index in [-0.39, 0.29) is 18.0 Å². The summed E-state index contributed by atoms with van der Waals surface area (Å²) in [6.07, 6.45) is 0. The van der Waals surface area contributed by atoms with Crippen LogP contribution in [0.15, 0.2) is 42.5 Å². The van der Waals surface area contributed by atoms with Crippen molar-refractivity contribution >= 4 is 29.2 Å². The van der Waals surface area contributed by atoms with Crippen LogP contribution < -0.4 is 15.4 Å². The average molecular weight is 363 g/mol. The van der Waals surface area contributed by atoms with Gasteiger partial charge in [0.25, 0.3) is 0 Å². The van der Waals surface area contributed by atoms with Crippen LogP contribution in [0.3, 0.4) is 0 Å². The number of ether oxygens (including phenoxy) is 2. The zero-order valence-corrected chi connectivity index (χ0v) is 14.7. The number of anilines is 1. The number of carbonyl (C=O) groups is 2. The molecule has 25 heavy (non-hydrogen) atoms. The van der Waals surface area contributed by atoms with Crippen molar-refractivity contribution in [1.29, 1.82) is 0 Å². The van der Waals surface area contributed by atoms with Crippen molar-refractivity contribution in [1.82, 2.24) is 5.32 Å². The Kier molecular flexibility index (Phi) is 6.65. The van der Waals surface area contributed by atoms with E-state index in [0.717, 1.165) is 11.3 Å². The Labute approximate surface area is 151 Å². The predicted molar refractivity (Wildman–Crippen MR) is 96.1 cm³/mol. The number of halogens is 1. The van der Waals surface area contributed by atoms with Gasteiger partial charge >= 0.3 is 5.97 Å². The second kappa shape index (κ2) is 8.94. The molecule has 0 aromatic heterocycles. The molecule has 0 heterocycles. The standard InChI is InChI=1S/C18H19ClN2O4/c1-24-14-6-3-12(4-7-14)10-21-17(22)11-20-13-5-8-16(19)15(9-13)18(23)25-2/h3-9,20H,10-11H2,1-2H3,(H,21,22). The molecule has 1 amide bonds. The quantitative estimate of drug-likeness (QED) is 0.741. The van der Waals surface area contributed by atoms with Crippen LogP contribution in [0.4, 0.5) is 5.69 Å². The second-order valence-corrected chi connectivity index (χ2v) is 5.57. The first-order chi connectivity index (χ1) is 12.0. The maximum atomic E-state index is 11.9. The van der Waals surface area contributed by atoms with Gasteiger partial charge in [0.2, 0.25) is 5.91 Å². The Balaban J connectivity index is 1.86. The third-order valence-electron chi connectivity index (χ3n) is 3.47.